The summed E-state index contributed by atoms with van der Waals surface area (Å²) in [6, 6.07) is -2.50. The third-order valence-electron chi connectivity index (χ3n) is 5.41. The van der Waals surface area contributed by atoms with Crippen molar-refractivity contribution in [1.29, 1.82) is 0 Å². The molecule has 0 unspecified atom stereocenters. The number of amides is 8. The number of carbonyl (C=O) groups excluding carboxylic acids is 7. The predicted molar refractivity (Wildman–Crippen MR) is 123 cm³/mol. The molecule has 0 fully saturated rings. The molecule has 1 aliphatic rings. The Kier molecular flexibility index (Phi) is 11.9. The van der Waals surface area contributed by atoms with Crippen molar-refractivity contribution in [3.05, 3.63) is 12.2 Å². The highest BCUT2D eigenvalue weighted by Crippen LogP contribution is 2.16. The van der Waals surface area contributed by atoms with Crippen molar-refractivity contribution in [2.24, 2.45) is 11.5 Å². The van der Waals surface area contributed by atoms with Gasteiger partial charge in [0.15, 0.2) is 0 Å². The molecule has 35 heavy (non-hydrogen) atoms. The van der Waals surface area contributed by atoms with Gasteiger partial charge in [-0.1, -0.05) is 6.92 Å². The van der Waals surface area contributed by atoms with E-state index in [1.807, 2.05) is 0 Å². The fourth-order valence-electron chi connectivity index (χ4n) is 3.37. The molecule has 2 atom stereocenters. The molecule has 0 saturated heterocycles. The lowest BCUT2D eigenvalue weighted by Crippen LogP contribution is -2.56. The van der Waals surface area contributed by atoms with Crippen LogP contribution in [-0.4, -0.2) is 78.1 Å². The summed E-state index contributed by atoms with van der Waals surface area (Å²) >= 11 is 0. The van der Waals surface area contributed by atoms with Gasteiger partial charge in [-0.2, -0.15) is 0 Å². The fraction of sp³-hybridized carbons (Fsp3) is 0.571. The van der Waals surface area contributed by atoms with Crippen molar-refractivity contribution in [1.82, 2.24) is 26.2 Å². The Balaban J connectivity index is 2.80. The highest BCUT2D eigenvalue weighted by Gasteiger charge is 2.33. The minimum Gasteiger partial charge on any atom is -0.352 e. The maximum Gasteiger partial charge on any atom is 0.312 e. The number of nitrogens with two attached hydrogens (primary N) is 2. The van der Waals surface area contributed by atoms with Crippen LogP contribution in [0.25, 0.3) is 0 Å². The van der Waals surface area contributed by atoms with Crippen LogP contribution in [0.1, 0.15) is 45.4 Å². The van der Waals surface area contributed by atoms with Gasteiger partial charge in [-0.3, -0.25) is 24.1 Å². The molecule has 1 heterocycles. The molecule has 0 aliphatic carbocycles. The van der Waals surface area contributed by atoms with Gasteiger partial charge in [0.2, 0.25) is 11.8 Å². The van der Waals surface area contributed by atoms with Crippen molar-refractivity contribution in [2.45, 2.75) is 57.0 Å². The summed E-state index contributed by atoms with van der Waals surface area (Å²) in [5, 5.41) is 10.0. The number of urea groups is 2. The molecule has 0 saturated carbocycles. The lowest BCUT2D eigenvalue weighted by atomic mass is 9.91. The number of imide groups is 1. The van der Waals surface area contributed by atoms with Crippen LogP contribution < -0.4 is 32.7 Å². The lowest BCUT2D eigenvalue weighted by molar-refractivity contribution is -0.137. The average Bonchev–Trinajstić information content (AvgIpc) is 3.13. The standard InChI is InChI=1S/C21H33N7O7/c1-2-21(13-29,9-4-11-25-20(23)35)27-18(33)14(5-3-10-24-19(22)34)26-15(30)8-12-28-16(31)6-7-17(28)32/h6-7,13-14H,2-5,8-12H2,1H3,(H,26,30)(H,27,33)(H3,22,24,34)(H3,23,25,35)/t14-,21-/m0/s1. The molecular formula is C21H33N7O7. The number of hydrogen-bond donors (Lipinski definition) is 6. The summed E-state index contributed by atoms with van der Waals surface area (Å²) in [6.45, 7) is 1.91. The van der Waals surface area contributed by atoms with Crippen LogP contribution in [0.2, 0.25) is 0 Å². The molecular weight excluding hydrogens is 462 g/mol. The first kappa shape index (κ1) is 29.1. The van der Waals surface area contributed by atoms with E-state index in [-0.39, 0.29) is 51.7 Å². The second-order valence-electron chi connectivity index (χ2n) is 7.98. The molecule has 8 N–H and O–H groups in total. The van der Waals surface area contributed by atoms with E-state index in [4.69, 9.17) is 11.5 Å². The number of aldehydes is 1. The van der Waals surface area contributed by atoms with Crippen molar-refractivity contribution >= 4 is 42.0 Å². The van der Waals surface area contributed by atoms with Gasteiger partial charge in [0.25, 0.3) is 11.8 Å². The summed E-state index contributed by atoms with van der Waals surface area (Å²) in [7, 11) is 0. The van der Waals surface area contributed by atoms with E-state index in [2.05, 4.69) is 21.3 Å². The zero-order valence-electron chi connectivity index (χ0n) is 19.6. The molecule has 0 spiro atoms. The first-order chi connectivity index (χ1) is 16.5. The van der Waals surface area contributed by atoms with Gasteiger partial charge in [0, 0.05) is 38.2 Å². The average molecular weight is 496 g/mol. The Bertz CT molecular complexity index is 843. The van der Waals surface area contributed by atoms with Crippen LogP contribution >= 0.6 is 0 Å². The molecule has 0 aromatic rings. The third-order valence-corrected chi connectivity index (χ3v) is 5.41. The van der Waals surface area contributed by atoms with Crippen LogP contribution in [0.15, 0.2) is 12.2 Å². The largest absolute Gasteiger partial charge is 0.352 e. The Labute approximate surface area is 202 Å². The maximum absolute atomic E-state index is 13.0. The van der Waals surface area contributed by atoms with E-state index in [0.29, 0.717) is 12.7 Å². The Hall–Kier alpha value is -3.97. The third kappa shape index (κ3) is 10.2. The van der Waals surface area contributed by atoms with E-state index in [1.165, 1.54) is 0 Å². The van der Waals surface area contributed by atoms with Gasteiger partial charge in [0.05, 0.1) is 5.54 Å². The zero-order chi connectivity index (χ0) is 26.4. The summed E-state index contributed by atoms with van der Waals surface area (Å²) in [5.74, 6) is -2.26. The molecule has 0 radical (unpaired) electrons. The molecule has 0 bridgehead atoms. The quantitative estimate of drug-likeness (QED) is 0.0813. The normalized spacial score (nSPS) is 15.2. The summed E-state index contributed by atoms with van der Waals surface area (Å²) in [4.78, 5) is 83.3. The van der Waals surface area contributed by atoms with Crippen molar-refractivity contribution in [2.75, 3.05) is 19.6 Å². The number of nitrogens with one attached hydrogen (secondary N) is 4. The van der Waals surface area contributed by atoms with Crippen LogP contribution in [0.4, 0.5) is 9.59 Å². The molecule has 14 nitrogen and oxygen atoms in total. The molecule has 1 rings (SSSR count). The molecule has 1 aliphatic heterocycles. The van der Waals surface area contributed by atoms with Crippen molar-refractivity contribution in [3.8, 4) is 0 Å². The smallest absolute Gasteiger partial charge is 0.312 e. The highest BCUT2D eigenvalue weighted by atomic mass is 16.2. The monoisotopic (exact) mass is 495 g/mol. The van der Waals surface area contributed by atoms with Gasteiger partial charge in [0.1, 0.15) is 12.3 Å². The summed E-state index contributed by atoms with van der Waals surface area (Å²) < 4.78 is 0. The Morgan fingerprint density at radius 3 is 2.11 bits per heavy atom. The number of carbonyl (C=O) groups is 7. The van der Waals surface area contributed by atoms with Crippen LogP contribution in [-0.2, 0) is 24.0 Å². The Morgan fingerprint density at radius 2 is 1.60 bits per heavy atom. The van der Waals surface area contributed by atoms with E-state index in [1.54, 1.807) is 6.92 Å². The number of primary amides is 2. The van der Waals surface area contributed by atoms with E-state index in [9.17, 15) is 33.6 Å². The van der Waals surface area contributed by atoms with Crippen LogP contribution in [0.3, 0.4) is 0 Å². The first-order valence-corrected chi connectivity index (χ1v) is 11.2. The Morgan fingerprint density at radius 1 is 1.03 bits per heavy atom. The van der Waals surface area contributed by atoms with Crippen molar-refractivity contribution < 1.29 is 33.6 Å². The van der Waals surface area contributed by atoms with E-state index in [0.717, 1.165) is 17.1 Å². The maximum atomic E-state index is 13.0. The SMILES string of the molecule is CC[C@@](C=O)(CCCNC(N)=O)NC(=O)[C@H](CCCNC(N)=O)NC(=O)CCN1C(=O)C=CC1=O. The van der Waals surface area contributed by atoms with Gasteiger partial charge in [-0.15, -0.1) is 0 Å². The van der Waals surface area contributed by atoms with Gasteiger partial charge in [-0.05, 0) is 32.1 Å². The minimum absolute atomic E-state index is 0.114. The van der Waals surface area contributed by atoms with Gasteiger partial charge < -0.3 is 37.5 Å². The number of hydrogen-bond acceptors (Lipinski definition) is 7. The number of nitrogens with zero attached hydrogens (tertiary/aromatic N) is 1. The molecule has 194 valence electrons. The van der Waals surface area contributed by atoms with Gasteiger partial charge in [-0.25, -0.2) is 9.59 Å². The van der Waals surface area contributed by atoms with E-state index < -0.39 is 47.3 Å². The molecule has 14 heteroatoms. The van der Waals surface area contributed by atoms with Crippen LogP contribution in [0.5, 0.6) is 0 Å². The lowest BCUT2D eigenvalue weighted by Gasteiger charge is -2.30. The van der Waals surface area contributed by atoms with E-state index >= 15 is 0 Å². The van der Waals surface area contributed by atoms with Crippen molar-refractivity contribution in [3.63, 3.8) is 0 Å². The minimum atomic E-state index is -1.23. The first-order valence-electron chi connectivity index (χ1n) is 11.2. The number of rotatable bonds is 16. The highest BCUT2D eigenvalue weighted by molar-refractivity contribution is 6.13. The molecule has 8 amide bonds. The van der Waals surface area contributed by atoms with Gasteiger partial charge >= 0.3 is 12.1 Å². The summed E-state index contributed by atoms with van der Waals surface area (Å²) in [5.41, 5.74) is 8.82. The second-order valence-corrected chi connectivity index (χ2v) is 7.98. The molecule has 0 aromatic carbocycles. The van der Waals surface area contributed by atoms with Crippen LogP contribution in [0, 0.1) is 0 Å². The fourth-order valence-corrected chi connectivity index (χ4v) is 3.37. The summed E-state index contributed by atoms with van der Waals surface area (Å²) in [6.07, 6.45) is 3.83. The topological polar surface area (TPSA) is 223 Å². The second kappa shape index (κ2) is 14.3. The molecule has 0 aromatic heterocycles. The predicted octanol–water partition coefficient (Wildman–Crippen LogP) is -1.85. The zero-order valence-corrected chi connectivity index (χ0v) is 19.6.